The Hall–Kier alpha value is 0.353. The molecule has 2 fully saturated rings. The van der Waals surface area contributed by atoms with E-state index in [2.05, 4.69) is 32.1 Å². The average molecular weight is 374 g/mol. The van der Waals surface area contributed by atoms with Crippen molar-refractivity contribution in [1.82, 2.24) is 0 Å². The van der Waals surface area contributed by atoms with Crippen LogP contribution in [0, 0.1) is 76.3 Å². The third kappa shape index (κ3) is 25.6. The summed E-state index contributed by atoms with van der Waals surface area (Å²) in [6.07, 6.45) is 20.0. The first-order chi connectivity index (χ1) is 9.73. The molecule has 108 valence electrons. The van der Waals surface area contributed by atoms with Crippen molar-refractivity contribution in [3.8, 4) is 0 Å². The average Bonchev–Trinajstić information content (AvgIpc) is 3.19. The molecule has 0 spiro atoms. The Labute approximate surface area is 154 Å². The van der Waals surface area contributed by atoms with E-state index in [-0.39, 0.29) is 26.2 Å². The van der Waals surface area contributed by atoms with Crippen LogP contribution in [0.25, 0.3) is 0 Å². The van der Waals surface area contributed by atoms with E-state index in [1.807, 2.05) is 88.5 Å². The predicted octanol–water partition coefficient (Wildman–Crippen LogP) is 4.69. The SMILES string of the molecule is CP(C)C.[CH]1[CH][CH][CH][CH]1.[CH]1[CH][CH][CH][CH]1.[Zr].c1ccccc#1. The summed E-state index contributed by atoms with van der Waals surface area (Å²) in [5, 5.41) is 0. The third-order valence-electron chi connectivity index (χ3n) is 1.66. The molecule has 0 saturated heterocycles. The molecule has 0 bridgehead atoms. The minimum Gasteiger partial charge on any atom is -0.116 e. The van der Waals surface area contributed by atoms with Crippen LogP contribution in [0.3, 0.4) is 0 Å². The first kappa shape index (κ1) is 23.6. The number of hydrogen-bond acceptors (Lipinski definition) is 0. The van der Waals surface area contributed by atoms with Crippen LogP contribution in [-0.2, 0) is 26.2 Å². The zero-order valence-corrected chi connectivity index (χ0v) is 16.4. The predicted molar refractivity (Wildman–Crippen MR) is 91.8 cm³/mol. The molecule has 0 aromatic heterocycles. The molecule has 0 atom stereocenters. The van der Waals surface area contributed by atoms with Gasteiger partial charge in [-0.2, -0.15) is 0 Å². The Kier molecular flexibility index (Phi) is 22.9. The normalized spacial score (nSPS) is 15.0. The summed E-state index contributed by atoms with van der Waals surface area (Å²) in [5.74, 6) is 0. The van der Waals surface area contributed by atoms with Crippen LogP contribution in [-0.4, -0.2) is 20.0 Å². The van der Waals surface area contributed by atoms with Gasteiger partial charge >= 0.3 is 0 Å². The van der Waals surface area contributed by atoms with Gasteiger partial charge in [0.15, 0.2) is 0 Å². The molecule has 2 heteroatoms. The fraction of sp³-hybridized carbons (Fsp3) is 0.158. The smallest absolute Gasteiger partial charge is 0 e. The molecule has 0 heterocycles. The van der Waals surface area contributed by atoms with Gasteiger partial charge in [-0.15, -0.1) is 7.92 Å². The largest absolute Gasteiger partial charge is 0.116 e. The summed E-state index contributed by atoms with van der Waals surface area (Å²) in [4.78, 5) is 0. The van der Waals surface area contributed by atoms with E-state index in [0.717, 1.165) is 0 Å². The molecule has 0 nitrogen and oxygen atoms in total. The van der Waals surface area contributed by atoms with Gasteiger partial charge in [0.25, 0.3) is 0 Å². The summed E-state index contributed by atoms with van der Waals surface area (Å²) < 4.78 is 0. The van der Waals surface area contributed by atoms with Crippen LogP contribution in [0.2, 0.25) is 0 Å². The van der Waals surface area contributed by atoms with Gasteiger partial charge in [-0.05, 0) is 96.3 Å². The van der Waals surface area contributed by atoms with Gasteiger partial charge in [0.05, 0.1) is 0 Å². The first-order valence-corrected chi connectivity index (χ1v) is 9.19. The van der Waals surface area contributed by atoms with E-state index < -0.39 is 0 Å². The molecule has 0 N–H and O–H groups in total. The molecular weight excluding hydrogens is 350 g/mol. The van der Waals surface area contributed by atoms with Crippen molar-refractivity contribution < 1.29 is 26.2 Å². The number of hydrogen-bond donors (Lipinski definition) is 0. The fourth-order valence-corrected chi connectivity index (χ4v) is 0.945. The van der Waals surface area contributed by atoms with Crippen LogP contribution in [0.5, 0.6) is 0 Å². The summed E-state index contributed by atoms with van der Waals surface area (Å²) in [6, 6.07) is 13.0. The monoisotopic (exact) mass is 372 g/mol. The number of rotatable bonds is 0. The van der Waals surface area contributed by atoms with E-state index in [0.29, 0.717) is 7.92 Å². The molecule has 0 amide bonds. The summed E-state index contributed by atoms with van der Waals surface area (Å²) in [6.45, 7) is 6.69. The molecule has 1 aromatic carbocycles. The molecule has 0 unspecified atom stereocenters. The zero-order chi connectivity index (χ0) is 14.9. The van der Waals surface area contributed by atoms with E-state index >= 15 is 0 Å². The van der Waals surface area contributed by atoms with Crippen LogP contribution >= 0.6 is 7.92 Å². The van der Waals surface area contributed by atoms with Crippen LogP contribution < -0.4 is 0 Å². The van der Waals surface area contributed by atoms with Gasteiger partial charge in [-0.1, -0.05) is 24.3 Å². The summed E-state index contributed by atoms with van der Waals surface area (Å²) in [7, 11) is 0.380. The molecule has 2 aliphatic rings. The van der Waals surface area contributed by atoms with Gasteiger partial charge in [0, 0.05) is 26.2 Å². The maximum atomic E-state index is 2.77. The van der Waals surface area contributed by atoms with Crippen molar-refractivity contribution in [2.75, 3.05) is 20.0 Å². The molecule has 1 aromatic rings. The van der Waals surface area contributed by atoms with Crippen molar-refractivity contribution in [2.24, 2.45) is 0 Å². The fourth-order valence-electron chi connectivity index (χ4n) is 0.945. The van der Waals surface area contributed by atoms with Crippen LogP contribution in [0.15, 0.2) is 24.3 Å². The van der Waals surface area contributed by atoms with E-state index in [4.69, 9.17) is 0 Å². The third-order valence-corrected chi connectivity index (χ3v) is 1.66. The van der Waals surface area contributed by atoms with Crippen molar-refractivity contribution in [2.45, 2.75) is 0 Å². The van der Waals surface area contributed by atoms with E-state index in [1.165, 1.54) is 0 Å². The molecule has 3 rings (SSSR count). The van der Waals surface area contributed by atoms with E-state index in [1.54, 1.807) is 0 Å². The second-order valence-corrected chi connectivity index (χ2v) is 6.96. The molecule has 2 saturated carbocycles. The Morgan fingerprint density at radius 3 is 0.810 bits per heavy atom. The summed E-state index contributed by atoms with van der Waals surface area (Å²) >= 11 is 0. The Bertz CT molecular complexity index is 199. The quantitative estimate of drug-likeness (QED) is 0.579. The van der Waals surface area contributed by atoms with Gasteiger partial charge in [-0.3, -0.25) is 0 Å². The second-order valence-electron chi connectivity index (χ2n) is 4.27. The maximum Gasteiger partial charge on any atom is 0 e. The standard InChI is InChI=1S/C6H4.2C5H5.C3H9P.Zr/c1-2-4-6-5-3-1;2*1-2-4-5-3-1;1-4(2)3;/h1-4H;2*1-5H;1-3H3;. The van der Waals surface area contributed by atoms with Crippen LogP contribution in [0.4, 0.5) is 0 Å². The Balaban J connectivity index is 0. The molecule has 21 heavy (non-hydrogen) atoms. The molecule has 10 radical (unpaired) electrons. The topological polar surface area (TPSA) is 0 Å². The second kappa shape index (κ2) is 20.4. The Morgan fingerprint density at radius 1 is 0.524 bits per heavy atom. The van der Waals surface area contributed by atoms with Crippen LogP contribution in [0.1, 0.15) is 0 Å². The van der Waals surface area contributed by atoms with Gasteiger partial charge in [0.2, 0.25) is 0 Å². The maximum absolute atomic E-state index is 2.77. The minimum absolute atomic E-state index is 0. The summed E-state index contributed by atoms with van der Waals surface area (Å²) in [5.41, 5.74) is 0. The van der Waals surface area contributed by atoms with Crippen molar-refractivity contribution in [3.63, 3.8) is 0 Å². The first-order valence-electron chi connectivity index (χ1n) is 6.50. The van der Waals surface area contributed by atoms with Crippen molar-refractivity contribution >= 4 is 7.92 Å². The molecular formula is C19H23PZr. The van der Waals surface area contributed by atoms with Gasteiger partial charge in [0.1, 0.15) is 0 Å². The van der Waals surface area contributed by atoms with Crippen molar-refractivity contribution in [3.05, 3.63) is 101 Å². The zero-order valence-electron chi connectivity index (χ0n) is 13.0. The molecule has 2 aliphatic carbocycles. The van der Waals surface area contributed by atoms with Crippen molar-refractivity contribution in [1.29, 1.82) is 0 Å². The van der Waals surface area contributed by atoms with E-state index in [9.17, 15) is 0 Å². The molecule has 0 aliphatic heterocycles. The Morgan fingerprint density at radius 2 is 0.714 bits per heavy atom. The minimum atomic E-state index is 0. The van der Waals surface area contributed by atoms with Gasteiger partial charge < -0.3 is 0 Å². The van der Waals surface area contributed by atoms with Gasteiger partial charge in [-0.25, -0.2) is 0 Å².